The Morgan fingerprint density at radius 3 is 2.78 bits per heavy atom. The minimum Gasteiger partial charge on any atom is -0.320 e. The van der Waals surface area contributed by atoms with Crippen molar-refractivity contribution in [3.63, 3.8) is 0 Å². The van der Waals surface area contributed by atoms with Gasteiger partial charge in [0.2, 0.25) is 5.24 Å². The number of carbonyl (C=O) groups is 1. The average Bonchev–Trinajstić information content (AvgIpc) is 1.82. The maximum absolute atomic E-state index is 10.3. The summed E-state index contributed by atoms with van der Waals surface area (Å²) in [6.45, 7) is 0. The number of carbonyl (C=O) groups excluding carboxylic acids is 1. The SMILES string of the molecule is CSCC[C@H](N)C(=O)Cl. The summed E-state index contributed by atoms with van der Waals surface area (Å²) in [6.07, 6.45) is 2.63. The molecule has 0 aliphatic rings. The summed E-state index contributed by atoms with van der Waals surface area (Å²) in [5.74, 6) is 0.889. The van der Waals surface area contributed by atoms with Crippen LogP contribution in [0.1, 0.15) is 6.42 Å². The Hall–Kier alpha value is 0.270. The first kappa shape index (κ1) is 9.27. The van der Waals surface area contributed by atoms with Crippen molar-refractivity contribution in [1.82, 2.24) is 0 Å². The van der Waals surface area contributed by atoms with E-state index in [0.29, 0.717) is 6.42 Å². The zero-order valence-corrected chi connectivity index (χ0v) is 6.84. The molecule has 0 spiro atoms. The van der Waals surface area contributed by atoms with Crippen LogP contribution >= 0.6 is 23.4 Å². The van der Waals surface area contributed by atoms with Crippen LogP contribution in [0.5, 0.6) is 0 Å². The maximum atomic E-state index is 10.3. The van der Waals surface area contributed by atoms with E-state index in [0.717, 1.165) is 5.75 Å². The van der Waals surface area contributed by atoms with Crippen LogP contribution in [0.3, 0.4) is 0 Å². The van der Waals surface area contributed by atoms with E-state index in [9.17, 15) is 4.79 Å². The quantitative estimate of drug-likeness (QED) is 0.631. The lowest BCUT2D eigenvalue weighted by Crippen LogP contribution is -2.27. The van der Waals surface area contributed by atoms with E-state index in [1.165, 1.54) is 0 Å². The van der Waals surface area contributed by atoms with Crippen LogP contribution in [0.25, 0.3) is 0 Å². The van der Waals surface area contributed by atoms with Gasteiger partial charge in [0.1, 0.15) is 0 Å². The standard InChI is InChI=1S/C5H10ClNOS/c1-9-3-2-4(7)5(6)8/h4H,2-3,7H2,1H3/t4-/m0/s1. The van der Waals surface area contributed by atoms with E-state index >= 15 is 0 Å². The Morgan fingerprint density at radius 1 is 1.89 bits per heavy atom. The summed E-state index contributed by atoms with van der Waals surface area (Å²) in [5.41, 5.74) is 5.31. The van der Waals surface area contributed by atoms with Crippen LogP contribution in [0.4, 0.5) is 0 Å². The Morgan fingerprint density at radius 2 is 2.44 bits per heavy atom. The minimum absolute atomic E-state index is 0.441. The molecule has 0 aromatic heterocycles. The average molecular weight is 168 g/mol. The normalized spacial score (nSPS) is 13.2. The number of hydrogen-bond donors (Lipinski definition) is 1. The smallest absolute Gasteiger partial charge is 0.238 e. The van der Waals surface area contributed by atoms with E-state index in [4.69, 9.17) is 17.3 Å². The molecule has 0 heterocycles. The molecule has 0 fully saturated rings. The second-order valence-electron chi connectivity index (χ2n) is 1.69. The van der Waals surface area contributed by atoms with E-state index < -0.39 is 11.3 Å². The van der Waals surface area contributed by atoms with Crippen molar-refractivity contribution in [1.29, 1.82) is 0 Å². The van der Waals surface area contributed by atoms with Crippen LogP contribution < -0.4 is 5.73 Å². The number of thioether (sulfide) groups is 1. The first-order chi connectivity index (χ1) is 4.18. The predicted molar refractivity (Wildman–Crippen MR) is 41.8 cm³/mol. The molecule has 0 unspecified atom stereocenters. The fourth-order valence-electron chi connectivity index (χ4n) is 0.358. The molecule has 2 N–H and O–H groups in total. The molecule has 0 saturated heterocycles. The molecule has 4 heteroatoms. The number of hydrogen-bond acceptors (Lipinski definition) is 3. The van der Waals surface area contributed by atoms with Crippen LogP contribution in [0, 0.1) is 0 Å². The lowest BCUT2D eigenvalue weighted by molar-refractivity contribution is -0.112. The molecule has 0 aromatic carbocycles. The molecular formula is C5H10ClNOS. The topological polar surface area (TPSA) is 43.1 Å². The van der Waals surface area contributed by atoms with Gasteiger partial charge in [0.15, 0.2) is 0 Å². The van der Waals surface area contributed by atoms with Crippen molar-refractivity contribution >= 4 is 28.6 Å². The highest BCUT2D eigenvalue weighted by molar-refractivity contribution is 7.98. The van der Waals surface area contributed by atoms with Gasteiger partial charge in [0.25, 0.3) is 0 Å². The molecule has 0 amide bonds. The molecule has 0 rings (SSSR count). The van der Waals surface area contributed by atoms with Gasteiger partial charge in [0.05, 0.1) is 6.04 Å². The van der Waals surface area contributed by atoms with Gasteiger partial charge in [0, 0.05) is 0 Å². The predicted octanol–water partition coefficient (Wildman–Crippen LogP) is 0.832. The molecular weight excluding hydrogens is 158 g/mol. The molecule has 0 aliphatic heterocycles. The van der Waals surface area contributed by atoms with Gasteiger partial charge < -0.3 is 5.73 Å². The van der Waals surface area contributed by atoms with Gasteiger partial charge in [-0.1, -0.05) is 0 Å². The van der Waals surface area contributed by atoms with Crippen molar-refractivity contribution in [2.24, 2.45) is 5.73 Å². The van der Waals surface area contributed by atoms with Crippen molar-refractivity contribution in [3.05, 3.63) is 0 Å². The van der Waals surface area contributed by atoms with Crippen LogP contribution in [0.15, 0.2) is 0 Å². The molecule has 0 aromatic rings. The van der Waals surface area contributed by atoms with Crippen LogP contribution in [-0.4, -0.2) is 23.3 Å². The lowest BCUT2D eigenvalue weighted by Gasteiger charge is -2.02. The van der Waals surface area contributed by atoms with Crippen molar-refractivity contribution in [3.8, 4) is 0 Å². The fraction of sp³-hybridized carbons (Fsp3) is 0.800. The summed E-state index contributed by atoms with van der Waals surface area (Å²) < 4.78 is 0. The maximum Gasteiger partial charge on any atom is 0.238 e. The van der Waals surface area contributed by atoms with Crippen molar-refractivity contribution in [2.75, 3.05) is 12.0 Å². The van der Waals surface area contributed by atoms with Gasteiger partial charge in [-0.3, -0.25) is 4.79 Å². The second-order valence-corrected chi connectivity index (χ2v) is 3.05. The number of halogens is 1. The Balaban J connectivity index is 3.27. The third kappa shape index (κ3) is 4.75. The van der Waals surface area contributed by atoms with Crippen molar-refractivity contribution < 1.29 is 4.79 Å². The third-order valence-corrected chi connectivity index (χ3v) is 1.85. The highest BCUT2D eigenvalue weighted by Crippen LogP contribution is 2.00. The Bertz CT molecular complexity index is 99.0. The summed E-state index contributed by atoms with van der Waals surface area (Å²) >= 11 is 6.75. The second kappa shape index (κ2) is 5.09. The highest BCUT2D eigenvalue weighted by Gasteiger charge is 2.07. The van der Waals surface area contributed by atoms with E-state index in [2.05, 4.69) is 0 Å². The summed E-state index contributed by atoms with van der Waals surface area (Å²) in [6, 6.07) is -0.473. The Labute approximate surface area is 64.1 Å². The molecule has 0 saturated carbocycles. The largest absolute Gasteiger partial charge is 0.320 e. The van der Waals surface area contributed by atoms with Gasteiger partial charge in [-0.05, 0) is 30.0 Å². The fourth-order valence-corrected chi connectivity index (χ4v) is 0.957. The summed E-state index contributed by atoms with van der Waals surface area (Å²) in [5, 5.41) is -0.441. The van der Waals surface area contributed by atoms with Gasteiger partial charge >= 0.3 is 0 Å². The van der Waals surface area contributed by atoms with E-state index in [-0.39, 0.29) is 0 Å². The highest BCUT2D eigenvalue weighted by atomic mass is 35.5. The minimum atomic E-state index is -0.473. The molecule has 9 heavy (non-hydrogen) atoms. The third-order valence-electron chi connectivity index (χ3n) is 0.924. The summed E-state index contributed by atoms with van der Waals surface area (Å²) in [4.78, 5) is 10.3. The molecule has 54 valence electrons. The molecule has 0 bridgehead atoms. The molecule has 1 atom stereocenters. The number of rotatable bonds is 4. The first-order valence-electron chi connectivity index (χ1n) is 2.62. The zero-order valence-electron chi connectivity index (χ0n) is 5.26. The Kier molecular flexibility index (Phi) is 5.24. The molecule has 0 aliphatic carbocycles. The summed E-state index contributed by atoms with van der Waals surface area (Å²) in [7, 11) is 0. The van der Waals surface area contributed by atoms with Crippen LogP contribution in [-0.2, 0) is 4.79 Å². The van der Waals surface area contributed by atoms with Crippen molar-refractivity contribution in [2.45, 2.75) is 12.5 Å². The van der Waals surface area contributed by atoms with Gasteiger partial charge in [-0.15, -0.1) is 0 Å². The van der Waals surface area contributed by atoms with Gasteiger partial charge in [-0.2, -0.15) is 11.8 Å². The molecule has 2 nitrogen and oxygen atoms in total. The lowest BCUT2D eigenvalue weighted by atomic mass is 10.3. The monoisotopic (exact) mass is 167 g/mol. The zero-order chi connectivity index (χ0) is 7.28. The van der Waals surface area contributed by atoms with E-state index in [1.807, 2.05) is 6.26 Å². The van der Waals surface area contributed by atoms with E-state index in [1.54, 1.807) is 11.8 Å². The molecule has 0 radical (unpaired) electrons. The van der Waals surface area contributed by atoms with Crippen LogP contribution in [0.2, 0.25) is 0 Å². The van der Waals surface area contributed by atoms with Gasteiger partial charge in [-0.25, -0.2) is 0 Å². The first-order valence-corrected chi connectivity index (χ1v) is 4.39. The number of nitrogens with two attached hydrogens (primary N) is 1.